The summed E-state index contributed by atoms with van der Waals surface area (Å²) in [4.78, 5) is 4.88. The Balaban J connectivity index is 1.46. The largest absolute Gasteiger partial charge is 0.493 e. The van der Waals surface area contributed by atoms with Crippen LogP contribution in [-0.2, 0) is 6.54 Å². The lowest BCUT2D eigenvalue weighted by Gasteiger charge is -2.12. The molecule has 0 aliphatic carbocycles. The van der Waals surface area contributed by atoms with E-state index < -0.39 is 0 Å². The van der Waals surface area contributed by atoms with Gasteiger partial charge in [-0.15, -0.1) is 0 Å². The van der Waals surface area contributed by atoms with Crippen LogP contribution in [0.2, 0.25) is 0 Å². The minimum atomic E-state index is 0.653. The van der Waals surface area contributed by atoms with E-state index in [1.807, 2.05) is 30.3 Å². The second-order valence-corrected chi connectivity index (χ2v) is 7.70. The van der Waals surface area contributed by atoms with Crippen LogP contribution >= 0.6 is 15.9 Å². The molecular weight excluding hydrogens is 428 g/mol. The number of imidazole rings is 1. The minimum Gasteiger partial charge on any atom is -0.493 e. The van der Waals surface area contributed by atoms with Crippen molar-refractivity contribution >= 4 is 27.0 Å². The lowest BCUT2D eigenvalue weighted by molar-refractivity contribution is 0.284. The van der Waals surface area contributed by atoms with E-state index in [1.165, 1.54) is 0 Å². The van der Waals surface area contributed by atoms with Gasteiger partial charge in [0.25, 0.3) is 0 Å². The third-order valence-corrected chi connectivity index (χ3v) is 5.39. The number of hydrogen-bond donors (Lipinski definition) is 0. The Hall–Kier alpha value is -2.79. The number of benzene rings is 3. The van der Waals surface area contributed by atoms with Crippen LogP contribution in [0.4, 0.5) is 0 Å². The molecule has 4 nitrogen and oxygen atoms in total. The van der Waals surface area contributed by atoms with E-state index in [0.29, 0.717) is 6.61 Å². The molecule has 0 fully saturated rings. The van der Waals surface area contributed by atoms with Crippen molar-refractivity contribution in [2.24, 2.45) is 0 Å². The molecule has 0 bridgehead atoms. The molecule has 0 aliphatic rings. The first-order chi connectivity index (χ1) is 14.3. The van der Waals surface area contributed by atoms with Crippen LogP contribution in [-0.4, -0.2) is 23.3 Å². The monoisotopic (exact) mass is 450 g/mol. The molecule has 5 heteroatoms. The summed E-state index contributed by atoms with van der Waals surface area (Å²) in [6.45, 7) is 1.54. The Labute approximate surface area is 179 Å². The fourth-order valence-electron chi connectivity index (χ4n) is 3.41. The highest BCUT2D eigenvalue weighted by molar-refractivity contribution is 9.10. The Morgan fingerprint density at radius 3 is 2.38 bits per heavy atom. The maximum absolute atomic E-state index is 5.91. The summed E-state index contributed by atoms with van der Waals surface area (Å²) in [6.07, 6.45) is 1.95. The highest BCUT2D eigenvalue weighted by Crippen LogP contribution is 2.28. The lowest BCUT2D eigenvalue weighted by atomic mass is 10.2. The van der Waals surface area contributed by atoms with Gasteiger partial charge >= 0.3 is 0 Å². The van der Waals surface area contributed by atoms with Crippen LogP contribution in [0.1, 0.15) is 12.8 Å². The maximum Gasteiger partial charge on any atom is 0.161 e. The van der Waals surface area contributed by atoms with Crippen molar-refractivity contribution in [1.29, 1.82) is 0 Å². The summed E-state index contributed by atoms with van der Waals surface area (Å²) in [6, 6.07) is 24.4. The number of halogens is 1. The van der Waals surface area contributed by atoms with Crippen LogP contribution in [0.5, 0.6) is 11.5 Å². The van der Waals surface area contributed by atoms with Crippen LogP contribution in [0, 0.1) is 0 Å². The zero-order valence-corrected chi connectivity index (χ0v) is 17.9. The number of unbranched alkanes of at least 4 members (excludes halogenated alkanes) is 1. The molecule has 0 N–H and O–H groups in total. The number of hydrogen-bond acceptors (Lipinski definition) is 3. The molecule has 0 amide bonds. The molecule has 0 saturated heterocycles. The van der Waals surface area contributed by atoms with E-state index in [4.69, 9.17) is 14.5 Å². The predicted molar refractivity (Wildman–Crippen MR) is 121 cm³/mol. The lowest BCUT2D eigenvalue weighted by Crippen LogP contribution is -2.04. The van der Waals surface area contributed by atoms with Crippen LogP contribution in [0.15, 0.2) is 77.3 Å². The summed E-state index contributed by atoms with van der Waals surface area (Å²) in [5, 5.41) is 0. The van der Waals surface area contributed by atoms with Crippen LogP contribution in [0.3, 0.4) is 0 Å². The number of aryl methyl sites for hydroxylation is 1. The number of ether oxygens (including phenoxy) is 2. The van der Waals surface area contributed by atoms with Gasteiger partial charge in [0.2, 0.25) is 0 Å². The highest BCUT2D eigenvalue weighted by atomic mass is 79.9. The van der Waals surface area contributed by atoms with Crippen molar-refractivity contribution in [2.75, 3.05) is 13.7 Å². The Kier molecular flexibility index (Phi) is 6.15. The van der Waals surface area contributed by atoms with E-state index in [1.54, 1.807) is 7.11 Å². The molecular formula is C24H23BrN2O2. The molecule has 148 valence electrons. The smallest absolute Gasteiger partial charge is 0.161 e. The summed E-state index contributed by atoms with van der Waals surface area (Å²) >= 11 is 3.51. The topological polar surface area (TPSA) is 36.3 Å². The van der Waals surface area contributed by atoms with E-state index in [2.05, 4.69) is 63.0 Å². The van der Waals surface area contributed by atoms with Crippen molar-refractivity contribution in [1.82, 2.24) is 9.55 Å². The number of para-hydroxylation sites is 4. The van der Waals surface area contributed by atoms with Gasteiger partial charge in [-0.1, -0.05) is 52.3 Å². The summed E-state index contributed by atoms with van der Waals surface area (Å²) in [5.74, 6) is 2.56. The fourth-order valence-corrected chi connectivity index (χ4v) is 3.68. The first-order valence-electron chi connectivity index (χ1n) is 9.73. The van der Waals surface area contributed by atoms with Crippen molar-refractivity contribution in [3.8, 4) is 22.9 Å². The molecule has 0 unspecified atom stereocenters. The van der Waals surface area contributed by atoms with Gasteiger partial charge in [0.05, 0.1) is 24.8 Å². The van der Waals surface area contributed by atoms with Gasteiger partial charge in [-0.25, -0.2) is 4.98 Å². The average Bonchev–Trinajstić information content (AvgIpc) is 3.13. The molecule has 0 saturated carbocycles. The number of fused-ring (bicyclic) bond motifs is 1. The summed E-state index contributed by atoms with van der Waals surface area (Å²) in [7, 11) is 1.66. The normalized spacial score (nSPS) is 11.0. The number of methoxy groups -OCH3 is 1. The van der Waals surface area contributed by atoms with E-state index in [0.717, 1.165) is 57.8 Å². The molecule has 29 heavy (non-hydrogen) atoms. The van der Waals surface area contributed by atoms with E-state index in [9.17, 15) is 0 Å². The molecule has 0 aliphatic heterocycles. The Morgan fingerprint density at radius 1 is 0.862 bits per heavy atom. The van der Waals surface area contributed by atoms with E-state index >= 15 is 0 Å². The molecule has 0 radical (unpaired) electrons. The number of rotatable bonds is 8. The molecule has 0 spiro atoms. The molecule has 0 atom stereocenters. The van der Waals surface area contributed by atoms with Gasteiger partial charge in [-0.05, 0) is 49.2 Å². The van der Waals surface area contributed by atoms with Gasteiger partial charge in [0.15, 0.2) is 11.5 Å². The second kappa shape index (κ2) is 9.14. The third-order valence-electron chi connectivity index (χ3n) is 4.86. The van der Waals surface area contributed by atoms with Gasteiger partial charge in [-0.3, -0.25) is 0 Å². The quantitative estimate of drug-likeness (QED) is 0.294. The zero-order valence-electron chi connectivity index (χ0n) is 16.3. The Bertz CT molecular complexity index is 1090. The fraction of sp³-hybridized carbons (Fsp3) is 0.208. The maximum atomic E-state index is 5.91. The van der Waals surface area contributed by atoms with Crippen molar-refractivity contribution in [2.45, 2.75) is 19.4 Å². The molecule has 1 aromatic heterocycles. The third kappa shape index (κ3) is 4.46. The first kappa shape index (κ1) is 19.5. The SMILES string of the molecule is COc1ccccc1OCCCCn1c(-c2ccc(Br)cc2)nc2ccccc21. The van der Waals surface area contributed by atoms with Crippen LogP contribution < -0.4 is 9.47 Å². The number of aromatic nitrogens is 2. The highest BCUT2D eigenvalue weighted by Gasteiger charge is 2.12. The summed E-state index contributed by atoms with van der Waals surface area (Å²) < 4.78 is 14.6. The first-order valence-corrected chi connectivity index (χ1v) is 10.5. The van der Waals surface area contributed by atoms with E-state index in [-0.39, 0.29) is 0 Å². The zero-order chi connectivity index (χ0) is 20.1. The van der Waals surface area contributed by atoms with Crippen LogP contribution in [0.25, 0.3) is 22.4 Å². The van der Waals surface area contributed by atoms with Gasteiger partial charge < -0.3 is 14.0 Å². The summed E-state index contributed by atoms with van der Waals surface area (Å²) in [5.41, 5.74) is 3.31. The second-order valence-electron chi connectivity index (χ2n) is 6.79. The Morgan fingerprint density at radius 2 is 1.59 bits per heavy atom. The molecule has 1 heterocycles. The average molecular weight is 451 g/mol. The standard InChI is InChI=1S/C24H23BrN2O2/c1-28-22-10-4-5-11-23(22)29-17-7-6-16-27-21-9-3-2-8-20(21)26-24(27)18-12-14-19(25)15-13-18/h2-5,8-15H,6-7,16-17H2,1H3. The van der Waals surface area contributed by atoms with Gasteiger partial charge in [0, 0.05) is 16.6 Å². The molecule has 3 aromatic carbocycles. The van der Waals surface area contributed by atoms with Crippen molar-refractivity contribution in [3.05, 3.63) is 77.3 Å². The number of nitrogens with zero attached hydrogens (tertiary/aromatic N) is 2. The van der Waals surface area contributed by atoms with Gasteiger partial charge in [0.1, 0.15) is 5.82 Å². The van der Waals surface area contributed by atoms with Gasteiger partial charge in [-0.2, -0.15) is 0 Å². The minimum absolute atomic E-state index is 0.653. The molecule has 4 aromatic rings. The van der Waals surface area contributed by atoms with Crippen molar-refractivity contribution in [3.63, 3.8) is 0 Å². The van der Waals surface area contributed by atoms with Crippen molar-refractivity contribution < 1.29 is 9.47 Å². The predicted octanol–water partition coefficient (Wildman–Crippen LogP) is 6.33. The molecule has 4 rings (SSSR count).